The maximum atomic E-state index is 11.6. The van der Waals surface area contributed by atoms with Gasteiger partial charge >= 0.3 is 17.9 Å². The molecule has 0 fully saturated rings. The minimum atomic E-state index is -0.482. The van der Waals surface area contributed by atoms with Crippen LogP contribution in [0.4, 0.5) is 0 Å². The van der Waals surface area contributed by atoms with Gasteiger partial charge in [0.2, 0.25) is 17.5 Å². The lowest BCUT2D eigenvalue weighted by molar-refractivity contribution is -0.139. The third-order valence-electron chi connectivity index (χ3n) is 9.28. The summed E-state index contributed by atoms with van der Waals surface area (Å²) < 4.78 is 49.1. The molecule has 66 heavy (non-hydrogen) atoms. The zero-order valence-corrected chi connectivity index (χ0v) is 35.5. The van der Waals surface area contributed by atoms with Gasteiger partial charge in [-0.1, -0.05) is 35.2 Å². The number of hydrogen-bond acceptors (Lipinski definition) is 18. The van der Waals surface area contributed by atoms with E-state index in [-0.39, 0.29) is 49.1 Å². The molecule has 0 atom stereocenters. The van der Waals surface area contributed by atoms with Gasteiger partial charge < -0.3 is 42.0 Å². The molecular formula is C48H42N6O12. The van der Waals surface area contributed by atoms with Crippen molar-refractivity contribution in [2.45, 2.75) is 32.1 Å². The van der Waals surface area contributed by atoms with Crippen molar-refractivity contribution in [2.24, 2.45) is 0 Å². The van der Waals surface area contributed by atoms with Gasteiger partial charge in [0.25, 0.3) is 17.7 Å². The number of benzene rings is 4. The van der Waals surface area contributed by atoms with E-state index in [1.807, 2.05) is 0 Å². The van der Waals surface area contributed by atoms with Gasteiger partial charge in [0.15, 0.2) is 0 Å². The number of hydrogen-bond donors (Lipinski definition) is 0. The van der Waals surface area contributed by atoms with E-state index in [0.29, 0.717) is 107 Å². The first kappa shape index (κ1) is 45.4. The number of aromatic nitrogens is 6. The lowest BCUT2D eigenvalue weighted by atomic mass is 10.0. The highest BCUT2D eigenvalue weighted by molar-refractivity contribution is 5.81. The van der Waals surface area contributed by atoms with Crippen LogP contribution in [0.5, 0.6) is 17.2 Å². The van der Waals surface area contributed by atoms with Crippen LogP contribution in [-0.2, 0) is 28.6 Å². The van der Waals surface area contributed by atoms with Gasteiger partial charge in [-0.15, -0.1) is 0 Å². The fourth-order valence-corrected chi connectivity index (χ4v) is 6.07. The standard InChI is InChI=1S/C48H42N6O12/c1-4-40(55)63-27-9-26-62-39-22-16-33(17-23-39)45-51-48(66-54-45)36-29-34(46-49-43(52-64-46)31-12-18-37(19-13-31)60-24-7-10-41(56)58-5-2)28-35(30-36)47-50-44(53-65-47)32-14-20-38(21-15-32)61-25-8-11-42(57)59-6-3/h4-6,12-23,28-30H,1-3,7-11,24-27H2. The second kappa shape index (κ2) is 22.6. The fourth-order valence-electron chi connectivity index (χ4n) is 6.07. The van der Waals surface area contributed by atoms with E-state index in [2.05, 4.69) is 50.2 Å². The molecule has 0 aliphatic carbocycles. The van der Waals surface area contributed by atoms with E-state index in [1.54, 1.807) is 91.0 Å². The van der Waals surface area contributed by atoms with E-state index in [1.165, 1.54) is 0 Å². The smallest absolute Gasteiger partial charge is 0.330 e. The van der Waals surface area contributed by atoms with Crippen molar-refractivity contribution in [1.82, 2.24) is 30.4 Å². The highest BCUT2D eigenvalue weighted by Gasteiger charge is 2.20. The van der Waals surface area contributed by atoms with E-state index < -0.39 is 5.97 Å². The Morgan fingerprint density at radius 3 is 1.15 bits per heavy atom. The summed E-state index contributed by atoms with van der Waals surface area (Å²) in [5, 5.41) is 12.7. The molecule has 0 unspecified atom stereocenters. The van der Waals surface area contributed by atoms with Crippen molar-refractivity contribution in [3.8, 4) is 85.8 Å². The van der Waals surface area contributed by atoms with E-state index in [0.717, 1.165) is 18.6 Å². The van der Waals surface area contributed by atoms with Crippen LogP contribution >= 0.6 is 0 Å². The first-order valence-electron chi connectivity index (χ1n) is 20.6. The predicted molar refractivity (Wildman–Crippen MR) is 236 cm³/mol. The third kappa shape index (κ3) is 12.5. The molecular weight excluding hydrogens is 853 g/mol. The molecule has 7 rings (SSSR count). The molecule has 0 spiro atoms. The number of carbonyl (C=O) groups is 3. The van der Waals surface area contributed by atoms with Crippen LogP contribution in [0.15, 0.2) is 143 Å². The van der Waals surface area contributed by atoms with Crippen LogP contribution in [0.25, 0.3) is 68.5 Å². The maximum absolute atomic E-state index is 11.6. The summed E-state index contributed by atoms with van der Waals surface area (Å²) in [4.78, 5) is 48.4. The van der Waals surface area contributed by atoms with Crippen molar-refractivity contribution in [1.29, 1.82) is 0 Å². The molecule has 3 heterocycles. The van der Waals surface area contributed by atoms with Crippen molar-refractivity contribution in [3.63, 3.8) is 0 Å². The molecule has 18 heteroatoms. The monoisotopic (exact) mass is 894 g/mol. The average Bonchev–Trinajstić information content (AvgIpc) is 4.16. The van der Waals surface area contributed by atoms with Gasteiger partial charge in [-0.2, -0.15) is 15.0 Å². The maximum Gasteiger partial charge on any atom is 0.330 e. The summed E-state index contributed by atoms with van der Waals surface area (Å²) in [6.07, 6.45) is 5.19. The Kier molecular flexibility index (Phi) is 15.5. The number of esters is 3. The van der Waals surface area contributed by atoms with Gasteiger partial charge in [0.05, 0.1) is 39.0 Å². The zero-order valence-electron chi connectivity index (χ0n) is 35.5. The van der Waals surface area contributed by atoms with Crippen molar-refractivity contribution in [2.75, 3.05) is 26.4 Å². The Hall–Kier alpha value is -8.67. The SMILES string of the molecule is C=COC(=O)CCCOc1ccc(-c2noc(-c3cc(-c4nc(-c5ccc(OCCCOC(=O)C=C)cc5)no4)cc(-c4nc(-c5ccc(OCCCC(=O)OC=C)cc5)no4)c3)n2)cc1. The second-order valence-corrected chi connectivity index (χ2v) is 13.9. The van der Waals surface area contributed by atoms with Crippen LogP contribution in [0.1, 0.15) is 32.1 Å². The topological polar surface area (TPSA) is 223 Å². The average molecular weight is 895 g/mol. The molecule has 4 aromatic carbocycles. The third-order valence-corrected chi connectivity index (χ3v) is 9.28. The molecule has 18 nitrogen and oxygen atoms in total. The molecule has 0 bridgehead atoms. The van der Waals surface area contributed by atoms with Crippen LogP contribution < -0.4 is 14.2 Å². The molecule has 336 valence electrons. The van der Waals surface area contributed by atoms with E-state index >= 15 is 0 Å². The quantitative estimate of drug-likeness (QED) is 0.0181. The zero-order chi connectivity index (χ0) is 46.1. The Morgan fingerprint density at radius 1 is 0.470 bits per heavy atom. The second-order valence-electron chi connectivity index (χ2n) is 13.9. The molecule has 0 N–H and O–H groups in total. The molecule has 0 saturated carbocycles. The normalized spacial score (nSPS) is 10.7. The van der Waals surface area contributed by atoms with Crippen LogP contribution in [-0.4, -0.2) is 74.8 Å². The highest BCUT2D eigenvalue weighted by atomic mass is 16.5. The number of carbonyl (C=O) groups excluding carboxylic acids is 3. The summed E-state index contributed by atoms with van der Waals surface area (Å²) in [5.41, 5.74) is 3.50. The van der Waals surface area contributed by atoms with Gasteiger partial charge in [-0.25, -0.2) is 4.79 Å². The van der Waals surface area contributed by atoms with Gasteiger partial charge in [0, 0.05) is 58.7 Å². The van der Waals surface area contributed by atoms with Crippen LogP contribution in [0.3, 0.4) is 0 Å². The summed E-state index contributed by atoms with van der Waals surface area (Å²) in [5.74, 6) is 2.10. The summed E-state index contributed by atoms with van der Waals surface area (Å²) in [6, 6.07) is 26.7. The minimum Gasteiger partial charge on any atom is -0.494 e. The van der Waals surface area contributed by atoms with E-state index in [4.69, 9.17) is 42.0 Å². The Morgan fingerprint density at radius 2 is 0.818 bits per heavy atom. The molecule has 0 aliphatic heterocycles. The Bertz CT molecular complexity index is 2630. The fraction of sp³-hybridized carbons (Fsp3) is 0.188. The molecule has 3 aromatic heterocycles. The van der Waals surface area contributed by atoms with Crippen molar-refractivity contribution < 1.29 is 56.4 Å². The van der Waals surface area contributed by atoms with E-state index in [9.17, 15) is 14.4 Å². The van der Waals surface area contributed by atoms with Gasteiger partial charge in [-0.3, -0.25) is 9.59 Å². The predicted octanol–water partition coefficient (Wildman–Crippen LogP) is 9.03. The first-order chi connectivity index (χ1) is 32.3. The molecule has 0 saturated heterocycles. The van der Waals surface area contributed by atoms with Crippen LogP contribution in [0.2, 0.25) is 0 Å². The highest BCUT2D eigenvalue weighted by Crippen LogP contribution is 2.34. The summed E-state index contributed by atoms with van der Waals surface area (Å²) in [7, 11) is 0. The van der Waals surface area contributed by atoms with Crippen molar-refractivity contribution in [3.05, 3.63) is 129 Å². The number of ether oxygens (including phenoxy) is 6. The molecule has 0 aliphatic rings. The van der Waals surface area contributed by atoms with Gasteiger partial charge in [0.1, 0.15) is 17.2 Å². The number of nitrogens with zero attached hydrogens (tertiary/aromatic N) is 6. The lowest BCUT2D eigenvalue weighted by Crippen LogP contribution is -2.06. The van der Waals surface area contributed by atoms with Crippen LogP contribution in [0, 0.1) is 0 Å². The Labute approximate surface area is 377 Å². The minimum absolute atomic E-state index is 0.182. The molecule has 7 aromatic rings. The summed E-state index contributed by atoms with van der Waals surface area (Å²) >= 11 is 0. The summed E-state index contributed by atoms with van der Waals surface area (Å²) in [6.45, 7) is 11.3. The first-order valence-corrected chi connectivity index (χ1v) is 20.6. The largest absolute Gasteiger partial charge is 0.494 e. The lowest BCUT2D eigenvalue weighted by Gasteiger charge is -2.06. The molecule has 0 amide bonds. The molecule has 0 radical (unpaired) electrons. The van der Waals surface area contributed by atoms with Gasteiger partial charge in [-0.05, 0) is 104 Å². The van der Waals surface area contributed by atoms with Crippen molar-refractivity contribution >= 4 is 17.9 Å². The number of rotatable bonds is 24. The Balaban J connectivity index is 1.09.